The zero-order chi connectivity index (χ0) is 16.8. The first-order valence-corrected chi connectivity index (χ1v) is 7.25. The van der Waals surface area contributed by atoms with Crippen LogP contribution in [0.3, 0.4) is 0 Å². The van der Waals surface area contributed by atoms with Crippen molar-refractivity contribution in [2.45, 2.75) is 34.6 Å². The van der Waals surface area contributed by atoms with Gasteiger partial charge in [-0.3, -0.25) is 9.59 Å². The van der Waals surface area contributed by atoms with Crippen LogP contribution in [-0.2, 0) is 14.1 Å². The van der Waals surface area contributed by atoms with Crippen molar-refractivity contribution in [3.8, 4) is 0 Å². The first-order valence-electron chi connectivity index (χ1n) is 7.25. The Balaban J connectivity index is 0. The Morgan fingerprint density at radius 3 is 1.62 bits per heavy atom. The summed E-state index contributed by atoms with van der Waals surface area (Å²) in [6.07, 6.45) is 3.53. The minimum atomic E-state index is 0.0347. The van der Waals surface area contributed by atoms with E-state index in [1.807, 2.05) is 52.9 Å². The molecule has 0 amide bonds. The smallest absolute Gasteiger partial charge is 0.250 e. The lowest BCUT2D eigenvalue weighted by atomic mass is 10.3. The second-order valence-corrected chi connectivity index (χ2v) is 3.81. The molecule has 0 aliphatic carbocycles. The highest BCUT2D eigenvalue weighted by atomic mass is 16.1. The average molecular weight is 292 g/mol. The first kappa shape index (κ1) is 21.2. The van der Waals surface area contributed by atoms with Crippen molar-refractivity contribution in [3.05, 3.63) is 69.0 Å². The van der Waals surface area contributed by atoms with Crippen LogP contribution in [0.15, 0.2) is 52.3 Å². The third kappa shape index (κ3) is 9.44. The Bertz CT molecular complexity index is 598. The van der Waals surface area contributed by atoms with Crippen LogP contribution in [0, 0.1) is 6.92 Å². The van der Waals surface area contributed by atoms with Gasteiger partial charge in [0, 0.05) is 38.6 Å². The summed E-state index contributed by atoms with van der Waals surface area (Å²) in [5, 5.41) is 0. The standard InChI is InChI=1S/C7H9NO.C6H7NO.2C2H6/c1-6-3-4-7(9)8(2)5-6;1-7-5-3-2-4-6(7)8;2*1-2/h3-5H,1-2H3;2-5H,1H3;2*1-2H3. The maximum absolute atomic E-state index is 10.7. The molecular formula is C17H28N2O2. The molecule has 2 aromatic heterocycles. The molecule has 118 valence electrons. The lowest BCUT2D eigenvalue weighted by Gasteiger charge is -1.94. The number of rotatable bonds is 0. The van der Waals surface area contributed by atoms with Gasteiger partial charge in [-0.25, -0.2) is 0 Å². The van der Waals surface area contributed by atoms with Gasteiger partial charge in [0.15, 0.2) is 0 Å². The molecule has 21 heavy (non-hydrogen) atoms. The number of nitrogens with zero attached hydrogens (tertiary/aromatic N) is 2. The molecule has 0 bridgehead atoms. The topological polar surface area (TPSA) is 44.0 Å². The summed E-state index contributed by atoms with van der Waals surface area (Å²) < 4.78 is 3.09. The maximum Gasteiger partial charge on any atom is 0.250 e. The van der Waals surface area contributed by atoms with Gasteiger partial charge in [-0.05, 0) is 18.6 Å². The summed E-state index contributed by atoms with van der Waals surface area (Å²) in [5.74, 6) is 0. The highest BCUT2D eigenvalue weighted by Gasteiger charge is 1.86. The fourth-order valence-corrected chi connectivity index (χ4v) is 1.24. The monoisotopic (exact) mass is 292 g/mol. The van der Waals surface area contributed by atoms with Crippen LogP contribution in [0.25, 0.3) is 0 Å². The number of aryl methyl sites for hydroxylation is 3. The number of hydrogen-bond donors (Lipinski definition) is 0. The summed E-state index contributed by atoms with van der Waals surface area (Å²) in [4.78, 5) is 21.3. The van der Waals surface area contributed by atoms with Crippen LogP contribution >= 0.6 is 0 Å². The van der Waals surface area contributed by atoms with Crippen molar-refractivity contribution in [3.63, 3.8) is 0 Å². The molecule has 2 aromatic rings. The quantitative estimate of drug-likeness (QED) is 0.749. The van der Waals surface area contributed by atoms with Gasteiger partial charge in [-0.1, -0.05) is 39.8 Å². The Labute approximate surface area is 127 Å². The maximum atomic E-state index is 10.7. The molecule has 0 aromatic carbocycles. The molecular weight excluding hydrogens is 264 g/mol. The molecule has 4 heteroatoms. The van der Waals surface area contributed by atoms with E-state index in [2.05, 4.69) is 0 Å². The minimum Gasteiger partial charge on any atom is -0.319 e. The Kier molecular flexibility index (Phi) is 13.0. The fourth-order valence-electron chi connectivity index (χ4n) is 1.24. The minimum absolute atomic E-state index is 0.0347. The fraction of sp³-hybridized carbons (Fsp3) is 0.412. The summed E-state index contributed by atoms with van der Waals surface area (Å²) in [5.41, 5.74) is 1.19. The summed E-state index contributed by atoms with van der Waals surface area (Å²) in [6.45, 7) is 9.96. The van der Waals surface area contributed by atoms with Crippen LogP contribution in [0.1, 0.15) is 33.3 Å². The van der Waals surface area contributed by atoms with Crippen LogP contribution in [-0.4, -0.2) is 9.13 Å². The van der Waals surface area contributed by atoms with Crippen LogP contribution in [0.5, 0.6) is 0 Å². The Morgan fingerprint density at radius 2 is 1.29 bits per heavy atom. The van der Waals surface area contributed by atoms with Gasteiger partial charge in [0.2, 0.25) is 11.1 Å². The SMILES string of the molecule is CC.CC.Cc1ccc(=O)n(C)c1.Cn1ccccc1=O. The number of hydrogen-bond acceptors (Lipinski definition) is 2. The van der Waals surface area contributed by atoms with Gasteiger partial charge in [-0.2, -0.15) is 0 Å². The molecule has 0 N–H and O–H groups in total. The lowest BCUT2D eigenvalue weighted by molar-refractivity contribution is 0.852. The van der Waals surface area contributed by atoms with Crippen molar-refractivity contribution in [1.82, 2.24) is 9.13 Å². The molecule has 0 fully saturated rings. The van der Waals surface area contributed by atoms with E-state index in [1.54, 1.807) is 37.0 Å². The predicted molar refractivity (Wildman–Crippen MR) is 90.8 cm³/mol. The highest BCUT2D eigenvalue weighted by molar-refractivity contribution is 5.06. The molecule has 0 saturated heterocycles. The van der Waals surface area contributed by atoms with Gasteiger partial charge in [0.25, 0.3) is 0 Å². The number of pyridine rings is 2. The number of aromatic nitrogens is 2. The van der Waals surface area contributed by atoms with E-state index in [-0.39, 0.29) is 11.1 Å². The van der Waals surface area contributed by atoms with Crippen molar-refractivity contribution in [1.29, 1.82) is 0 Å². The van der Waals surface area contributed by atoms with Gasteiger partial charge in [0.1, 0.15) is 0 Å². The van der Waals surface area contributed by atoms with E-state index in [0.29, 0.717) is 0 Å². The third-order valence-electron chi connectivity index (χ3n) is 2.24. The summed E-state index contributed by atoms with van der Waals surface area (Å²) >= 11 is 0. The summed E-state index contributed by atoms with van der Waals surface area (Å²) in [6, 6.07) is 8.45. The van der Waals surface area contributed by atoms with E-state index in [1.165, 1.54) is 10.6 Å². The Morgan fingerprint density at radius 1 is 0.762 bits per heavy atom. The zero-order valence-electron chi connectivity index (χ0n) is 14.3. The molecule has 0 spiro atoms. The lowest BCUT2D eigenvalue weighted by Crippen LogP contribution is -2.13. The van der Waals surface area contributed by atoms with E-state index in [9.17, 15) is 9.59 Å². The van der Waals surface area contributed by atoms with Crippen molar-refractivity contribution < 1.29 is 0 Å². The molecule has 0 unspecified atom stereocenters. The van der Waals surface area contributed by atoms with Gasteiger partial charge >= 0.3 is 0 Å². The van der Waals surface area contributed by atoms with E-state index in [0.717, 1.165) is 5.56 Å². The molecule has 0 aliphatic rings. The molecule has 4 nitrogen and oxygen atoms in total. The van der Waals surface area contributed by atoms with E-state index in [4.69, 9.17) is 0 Å². The summed E-state index contributed by atoms with van der Waals surface area (Å²) in [7, 11) is 3.47. The largest absolute Gasteiger partial charge is 0.319 e. The molecule has 0 radical (unpaired) electrons. The van der Waals surface area contributed by atoms with E-state index >= 15 is 0 Å². The highest BCUT2D eigenvalue weighted by Crippen LogP contribution is 1.88. The zero-order valence-corrected chi connectivity index (χ0v) is 14.3. The van der Waals surface area contributed by atoms with Crippen molar-refractivity contribution in [2.75, 3.05) is 0 Å². The van der Waals surface area contributed by atoms with Crippen LogP contribution in [0.2, 0.25) is 0 Å². The van der Waals surface area contributed by atoms with Gasteiger partial charge < -0.3 is 9.13 Å². The Hall–Kier alpha value is -2.10. The molecule has 0 aliphatic heterocycles. The van der Waals surface area contributed by atoms with Gasteiger partial charge in [0.05, 0.1) is 0 Å². The molecule has 0 atom stereocenters. The van der Waals surface area contributed by atoms with Crippen molar-refractivity contribution >= 4 is 0 Å². The second kappa shape index (κ2) is 12.9. The van der Waals surface area contributed by atoms with Crippen LogP contribution in [0.4, 0.5) is 0 Å². The van der Waals surface area contributed by atoms with E-state index < -0.39 is 0 Å². The van der Waals surface area contributed by atoms with Gasteiger partial charge in [-0.15, -0.1) is 0 Å². The predicted octanol–water partition coefficient (Wildman–Crippen LogP) is 3.13. The molecule has 2 heterocycles. The second-order valence-electron chi connectivity index (χ2n) is 3.81. The first-order chi connectivity index (χ1) is 10.0. The van der Waals surface area contributed by atoms with Crippen LogP contribution < -0.4 is 11.1 Å². The third-order valence-corrected chi connectivity index (χ3v) is 2.24. The molecule has 2 rings (SSSR count). The van der Waals surface area contributed by atoms with Crippen molar-refractivity contribution in [2.24, 2.45) is 14.1 Å². The normalized spacial score (nSPS) is 8.14. The average Bonchev–Trinajstić information content (AvgIpc) is 2.51. The molecule has 0 saturated carbocycles.